The highest BCUT2D eigenvalue weighted by molar-refractivity contribution is 5.99. The molecule has 3 heterocycles. The number of ether oxygens (including phenoxy) is 1. The van der Waals surface area contributed by atoms with E-state index in [9.17, 15) is 14.4 Å². The van der Waals surface area contributed by atoms with Crippen molar-refractivity contribution in [2.45, 2.75) is 26.2 Å². The third-order valence-electron chi connectivity index (χ3n) is 4.97. The second-order valence-corrected chi connectivity index (χ2v) is 6.79. The number of carbonyl (C=O) groups is 3. The van der Waals surface area contributed by atoms with Crippen molar-refractivity contribution in [1.29, 1.82) is 0 Å². The van der Waals surface area contributed by atoms with E-state index >= 15 is 0 Å². The summed E-state index contributed by atoms with van der Waals surface area (Å²) in [6, 6.07) is 1.63. The first-order chi connectivity index (χ1) is 13.1. The maximum atomic E-state index is 12.8. The molecule has 2 saturated heterocycles. The van der Waals surface area contributed by atoms with Gasteiger partial charge in [-0.3, -0.25) is 14.6 Å². The van der Waals surface area contributed by atoms with Gasteiger partial charge in [0.25, 0.3) is 11.8 Å². The lowest BCUT2D eigenvalue weighted by Gasteiger charge is -2.34. The van der Waals surface area contributed by atoms with Crippen LogP contribution in [0.2, 0.25) is 0 Å². The molecule has 0 spiro atoms. The molecule has 3 rings (SSSR count). The third-order valence-corrected chi connectivity index (χ3v) is 4.97. The molecule has 0 atom stereocenters. The van der Waals surface area contributed by atoms with Crippen molar-refractivity contribution < 1.29 is 19.1 Å². The molecule has 2 aliphatic heterocycles. The van der Waals surface area contributed by atoms with Crippen LogP contribution < -0.4 is 0 Å². The van der Waals surface area contributed by atoms with Gasteiger partial charge in [-0.2, -0.15) is 0 Å². The molecule has 3 amide bonds. The van der Waals surface area contributed by atoms with Crippen LogP contribution in [0.3, 0.4) is 0 Å². The minimum Gasteiger partial charge on any atom is -0.450 e. The topological polar surface area (TPSA) is 83.0 Å². The van der Waals surface area contributed by atoms with Gasteiger partial charge in [-0.05, 0) is 32.3 Å². The van der Waals surface area contributed by atoms with E-state index in [2.05, 4.69) is 4.98 Å². The van der Waals surface area contributed by atoms with Crippen molar-refractivity contribution in [3.05, 3.63) is 29.6 Å². The molecule has 0 unspecified atom stereocenters. The summed E-state index contributed by atoms with van der Waals surface area (Å²) in [5, 5.41) is 0. The van der Waals surface area contributed by atoms with E-state index in [1.165, 1.54) is 12.4 Å². The van der Waals surface area contributed by atoms with Gasteiger partial charge in [0.15, 0.2) is 0 Å². The predicted molar refractivity (Wildman–Crippen MR) is 98.5 cm³/mol. The quantitative estimate of drug-likeness (QED) is 0.803. The molecular formula is C19H26N4O4. The van der Waals surface area contributed by atoms with Crippen molar-refractivity contribution in [3.8, 4) is 0 Å². The predicted octanol–water partition coefficient (Wildman–Crippen LogP) is 1.62. The van der Waals surface area contributed by atoms with Gasteiger partial charge in [0.05, 0.1) is 17.7 Å². The first-order valence-corrected chi connectivity index (χ1v) is 9.55. The monoisotopic (exact) mass is 374 g/mol. The lowest BCUT2D eigenvalue weighted by Crippen LogP contribution is -2.50. The molecule has 1 aromatic rings. The Labute approximate surface area is 159 Å². The van der Waals surface area contributed by atoms with Crippen molar-refractivity contribution >= 4 is 17.9 Å². The summed E-state index contributed by atoms with van der Waals surface area (Å²) in [5.74, 6) is -0.233. The highest BCUT2D eigenvalue weighted by Crippen LogP contribution is 2.15. The number of amides is 3. The number of hydrogen-bond donors (Lipinski definition) is 0. The number of rotatable bonds is 3. The van der Waals surface area contributed by atoms with Crippen LogP contribution in [0.15, 0.2) is 18.5 Å². The van der Waals surface area contributed by atoms with Crippen LogP contribution in [0.1, 0.15) is 46.9 Å². The number of piperidine rings is 1. The molecule has 2 fully saturated rings. The highest BCUT2D eigenvalue weighted by Gasteiger charge is 2.26. The average Bonchev–Trinajstić information content (AvgIpc) is 2.73. The highest BCUT2D eigenvalue weighted by atomic mass is 16.6. The number of pyridine rings is 1. The zero-order valence-corrected chi connectivity index (χ0v) is 15.7. The number of carbonyl (C=O) groups excluding carboxylic acids is 3. The Morgan fingerprint density at radius 3 is 1.93 bits per heavy atom. The fourth-order valence-electron chi connectivity index (χ4n) is 3.44. The number of hydrogen-bond acceptors (Lipinski definition) is 5. The van der Waals surface area contributed by atoms with Crippen molar-refractivity contribution in [2.75, 3.05) is 45.9 Å². The molecule has 0 saturated carbocycles. The summed E-state index contributed by atoms with van der Waals surface area (Å²) < 4.78 is 4.99. The minimum absolute atomic E-state index is 0.0658. The molecule has 1 aromatic heterocycles. The van der Waals surface area contributed by atoms with Crippen LogP contribution in [0.25, 0.3) is 0 Å². The zero-order chi connectivity index (χ0) is 19.2. The first kappa shape index (κ1) is 19.1. The summed E-state index contributed by atoms with van der Waals surface area (Å²) in [6.07, 6.45) is 5.85. The van der Waals surface area contributed by atoms with Gasteiger partial charge in [0.2, 0.25) is 0 Å². The third kappa shape index (κ3) is 4.56. The molecule has 0 bridgehead atoms. The molecule has 0 aliphatic carbocycles. The van der Waals surface area contributed by atoms with Gasteiger partial charge in [-0.15, -0.1) is 0 Å². The molecule has 8 heteroatoms. The van der Waals surface area contributed by atoms with Gasteiger partial charge in [0, 0.05) is 51.7 Å². The largest absolute Gasteiger partial charge is 0.450 e. The second kappa shape index (κ2) is 8.83. The van der Waals surface area contributed by atoms with Gasteiger partial charge in [0.1, 0.15) is 0 Å². The van der Waals surface area contributed by atoms with Gasteiger partial charge in [-0.25, -0.2) is 4.79 Å². The van der Waals surface area contributed by atoms with Gasteiger partial charge >= 0.3 is 6.09 Å². The Morgan fingerprint density at radius 2 is 1.37 bits per heavy atom. The fraction of sp³-hybridized carbons (Fsp3) is 0.579. The summed E-state index contributed by atoms with van der Waals surface area (Å²) in [5.41, 5.74) is 0.857. The van der Waals surface area contributed by atoms with Crippen LogP contribution in [-0.2, 0) is 4.74 Å². The molecule has 27 heavy (non-hydrogen) atoms. The van der Waals surface area contributed by atoms with Gasteiger partial charge < -0.3 is 19.4 Å². The molecule has 8 nitrogen and oxygen atoms in total. The van der Waals surface area contributed by atoms with E-state index in [1.807, 2.05) is 4.90 Å². The Balaban J connectivity index is 1.62. The standard InChI is InChI=1S/C19H26N4O4/c1-2-27-19(26)23-10-8-22(9-11-23)18(25)16-12-15(13-20-14-16)17(24)21-6-4-3-5-7-21/h12-14H,2-11H2,1H3. The zero-order valence-electron chi connectivity index (χ0n) is 15.7. The lowest BCUT2D eigenvalue weighted by molar-refractivity contribution is 0.0570. The maximum absolute atomic E-state index is 12.8. The molecule has 146 valence electrons. The molecule has 0 aromatic carbocycles. The summed E-state index contributed by atoms with van der Waals surface area (Å²) in [4.78, 5) is 46.4. The van der Waals surface area contributed by atoms with Crippen molar-refractivity contribution in [3.63, 3.8) is 0 Å². The van der Waals surface area contributed by atoms with E-state index in [0.717, 1.165) is 32.4 Å². The number of aromatic nitrogens is 1. The van der Waals surface area contributed by atoms with E-state index in [1.54, 1.807) is 22.8 Å². The minimum atomic E-state index is -0.347. The van der Waals surface area contributed by atoms with E-state index in [-0.39, 0.29) is 17.9 Å². The lowest BCUT2D eigenvalue weighted by atomic mass is 10.1. The SMILES string of the molecule is CCOC(=O)N1CCN(C(=O)c2cncc(C(=O)N3CCCCC3)c2)CC1. The normalized spacial score (nSPS) is 17.6. The van der Waals surface area contributed by atoms with Crippen LogP contribution in [-0.4, -0.2) is 83.5 Å². The van der Waals surface area contributed by atoms with Crippen LogP contribution >= 0.6 is 0 Å². The Hall–Kier alpha value is -2.64. The molecule has 0 N–H and O–H groups in total. The average molecular weight is 374 g/mol. The first-order valence-electron chi connectivity index (χ1n) is 9.55. The Morgan fingerprint density at radius 1 is 0.852 bits per heavy atom. The molecule has 2 aliphatic rings. The number of nitrogens with zero attached hydrogens (tertiary/aromatic N) is 4. The van der Waals surface area contributed by atoms with E-state index < -0.39 is 0 Å². The fourth-order valence-corrected chi connectivity index (χ4v) is 3.44. The van der Waals surface area contributed by atoms with Crippen LogP contribution in [0.4, 0.5) is 4.79 Å². The van der Waals surface area contributed by atoms with Gasteiger partial charge in [-0.1, -0.05) is 0 Å². The van der Waals surface area contributed by atoms with E-state index in [0.29, 0.717) is 43.9 Å². The smallest absolute Gasteiger partial charge is 0.409 e. The number of piperazine rings is 1. The van der Waals surface area contributed by atoms with Crippen molar-refractivity contribution in [1.82, 2.24) is 19.7 Å². The maximum Gasteiger partial charge on any atom is 0.409 e. The van der Waals surface area contributed by atoms with E-state index in [4.69, 9.17) is 4.74 Å². The summed E-state index contributed by atoms with van der Waals surface area (Å²) in [7, 11) is 0. The summed E-state index contributed by atoms with van der Waals surface area (Å²) in [6.45, 7) is 5.35. The van der Waals surface area contributed by atoms with Crippen molar-refractivity contribution in [2.24, 2.45) is 0 Å². The summed E-state index contributed by atoms with van der Waals surface area (Å²) >= 11 is 0. The second-order valence-electron chi connectivity index (χ2n) is 6.79. The number of likely N-dealkylation sites (tertiary alicyclic amines) is 1. The molecular weight excluding hydrogens is 348 g/mol. The molecule has 0 radical (unpaired) electrons. The van der Waals surface area contributed by atoms with Crippen LogP contribution in [0.5, 0.6) is 0 Å². The Kier molecular flexibility index (Phi) is 6.26. The van der Waals surface area contributed by atoms with Crippen LogP contribution in [0, 0.1) is 0 Å². The Bertz CT molecular complexity index is 695.